The van der Waals surface area contributed by atoms with Gasteiger partial charge in [0, 0.05) is 36.4 Å². The Hall–Kier alpha value is -3.35. The summed E-state index contributed by atoms with van der Waals surface area (Å²) < 4.78 is 10.7. The van der Waals surface area contributed by atoms with Crippen LogP contribution in [0.2, 0.25) is 0 Å². The molecule has 7 heteroatoms. The Bertz CT molecular complexity index is 1090. The molecule has 2 aromatic heterocycles. The summed E-state index contributed by atoms with van der Waals surface area (Å²) in [6.45, 7) is 6.85. The van der Waals surface area contributed by atoms with E-state index in [1.54, 1.807) is 18.2 Å². The molecule has 7 nitrogen and oxygen atoms in total. The molecule has 1 aromatic carbocycles. The molecule has 3 heterocycles. The summed E-state index contributed by atoms with van der Waals surface area (Å²) in [5.74, 6) is 0.531. The number of nitrogens with zero attached hydrogens (tertiary/aromatic N) is 3. The predicted molar refractivity (Wildman–Crippen MR) is 116 cm³/mol. The maximum absolute atomic E-state index is 12.5. The molecule has 0 radical (unpaired) electrons. The van der Waals surface area contributed by atoms with Crippen LogP contribution < -0.4 is 10.1 Å². The van der Waals surface area contributed by atoms with Crippen LogP contribution in [0.3, 0.4) is 0 Å². The van der Waals surface area contributed by atoms with Crippen LogP contribution in [0.5, 0.6) is 5.88 Å². The van der Waals surface area contributed by atoms with Gasteiger partial charge in [0.2, 0.25) is 5.88 Å². The number of anilines is 2. The van der Waals surface area contributed by atoms with E-state index in [0.717, 1.165) is 28.7 Å². The number of benzene rings is 1. The van der Waals surface area contributed by atoms with E-state index in [1.165, 1.54) is 5.56 Å². The number of pyridine rings is 2. The number of aromatic nitrogens is 2. The van der Waals surface area contributed by atoms with Crippen molar-refractivity contribution in [2.45, 2.75) is 39.3 Å². The predicted octanol–water partition coefficient (Wildman–Crippen LogP) is 4.68. The second kappa shape index (κ2) is 7.82. The van der Waals surface area contributed by atoms with Gasteiger partial charge in [0.25, 0.3) is 0 Å². The summed E-state index contributed by atoms with van der Waals surface area (Å²) in [4.78, 5) is 22.9. The zero-order valence-corrected chi connectivity index (χ0v) is 17.7. The molecule has 0 unspecified atom stereocenters. The van der Waals surface area contributed by atoms with E-state index in [0.29, 0.717) is 24.6 Å². The monoisotopic (exact) mass is 406 g/mol. The lowest BCUT2D eigenvalue weighted by Gasteiger charge is -2.31. The van der Waals surface area contributed by atoms with Crippen molar-refractivity contribution in [3.05, 3.63) is 53.7 Å². The Labute approximate surface area is 176 Å². The van der Waals surface area contributed by atoms with Crippen LogP contribution in [-0.2, 0) is 17.7 Å². The molecule has 3 aromatic rings. The smallest absolute Gasteiger partial charge is 0.410 e. The second-order valence-corrected chi connectivity index (χ2v) is 8.34. The Morgan fingerprint density at radius 1 is 1.13 bits per heavy atom. The first-order valence-corrected chi connectivity index (χ1v) is 9.99. The van der Waals surface area contributed by atoms with Crippen molar-refractivity contribution >= 4 is 28.5 Å². The highest BCUT2D eigenvalue weighted by Gasteiger charge is 2.25. The lowest BCUT2D eigenvalue weighted by Crippen LogP contribution is -2.39. The fourth-order valence-electron chi connectivity index (χ4n) is 3.51. The number of rotatable bonds is 3. The highest BCUT2D eigenvalue weighted by molar-refractivity contribution is 5.91. The minimum Gasteiger partial charge on any atom is -0.481 e. The molecule has 0 aliphatic carbocycles. The molecule has 156 valence electrons. The molecule has 0 saturated heterocycles. The van der Waals surface area contributed by atoms with Gasteiger partial charge in [0.05, 0.1) is 12.8 Å². The van der Waals surface area contributed by atoms with Crippen LogP contribution in [0, 0.1) is 0 Å². The molecule has 0 fully saturated rings. The summed E-state index contributed by atoms with van der Waals surface area (Å²) >= 11 is 0. The SMILES string of the molecule is COc1ccc2c(Nc3ccc4c(c3)CN(C(=O)OC(C)(C)C)CC4)ccnc2n1. The molecular weight excluding hydrogens is 380 g/mol. The van der Waals surface area contributed by atoms with E-state index < -0.39 is 5.60 Å². The molecule has 0 spiro atoms. The standard InChI is InChI=1S/C23H26N4O3/c1-23(2,3)30-22(28)27-12-10-15-5-6-17(13-16(15)14-27)25-19-9-11-24-21-18(19)7-8-20(26-21)29-4/h5-9,11,13H,10,12,14H2,1-4H3,(H,24,25,26). The van der Waals surface area contributed by atoms with Gasteiger partial charge in [-0.3, -0.25) is 0 Å². The van der Waals surface area contributed by atoms with Gasteiger partial charge in [0.1, 0.15) is 5.60 Å². The minimum absolute atomic E-state index is 0.272. The Morgan fingerprint density at radius 2 is 1.97 bits per heavy atom. The van der Waals surface area contributed by atoms with E-state index in [-0.39, 0.29) is 6.09 Å². The van der Waals surface area contributed by atoms with Crippen molar-refractivity contribution < 1.29 is 14.3 Å². The van der Waals surface area contributed by atoms with E-state index in [1.807, 2.05) is 39.0 Å². The molecule has 4 rings (SSSR count). The highest BCUT2D eigenvalue weighted by atomic mass is 16.6. The van der Waals surface area contributed by atoms with Gasteiger partial charge in [0.15, 0.2) is 5.65 Å². The third-order valence-corrected chi connectivity index (χ3v) is 4.94. The van der Waals surface area contributed by atoms with Crippen molar-refractivity contribution in [1.29, 1.82) is 0 Å². The Balaban J connectivity index is 1.56. The molecule has 0 bridgehead atoms. The number of carbonyl (C=O) groups is 1. The van der Waals surface area contributed by atoms with Crippen LogP contribution in [0.15, 0.2) is 42.6 Å². The van der Waals surface area contributed by atoms with E-state index in [9.17, 15) is 4.79 Å². The minimum atomic E-state index is -0.500. The van der Waals surface area contributed by atoms with Crippen molar-refractivity contribution in [1.82, 2.24) is 14.9 Å². The van der Waals surface area contributed by atoms with Crippen LogP contribution in [0.1, 0.15) is 31.9 Å². The lowest BCUT2D eigenvalue weighted by atomic mass is 9.99. The molecular formula is C23H26N4O3. The summed E-state index contributed by atoms with van der Waals surface area (Å²) in [5, 5.41) is 4.37. The number of ether oxygens (including phenoxy) is 2. The summed E-state index contributed by atoms with van der Waals surface area (Å²) in [7, 11) is 1.59. The van der Waals surface area contributed by atoms with Gasteiger partial charge in [-0.2, -0.15) is 4.98 Å². The second-order valence-electron chi connectivity index (χ2n) is 8.34. The van der Waals surface area contributed by atoms with Gasteiger partial charge in [-0.25, -0.2) is 9.78 Å². The number of hydrogen-bond donors (Lipinski definition) is 1. The molecule has 1 N–H and O–H groups in total. The average Bonchev–Trinajstić information content (AvgIpc) is 2.71. The lowest BCUT2D eigenvalue weighted by molar-refractivity contribution is 0.0224. The third-order valence-electron chi connectivity index (χ3n) is 4.94. The highest BCUT2D eigenvalue weighted by Crippen LogP contribution is 2.29. The van der Waals surface area contributed by atoms with Crippen LogP contribution in [-0.4, -0.2) is 40.2 Å². The largest absolute Gasteiger partial charge is 0.481 e. The Morgan fingerprint density at radius 3 is 2.73 bits per heavy atom. The number of hydrogen-bond acceptors (Lipinski definition) is 6. The maximum Gasteiger partial charge on any atom is 0.410 e. The first kappa shape index (κ1) is 19.9. The summed E-state index contributed by atoms with van der Waals surface area (Å²) in [6.07, 6.45) is 2.27. The topological polar surface area (TPSA) is 76.6 Å². The fraction of sp³-hybridized carbons (Fsp3) is 0.348. The van der Waals surface area contributed by atoms with Gasteiger partial charge in [-0.15, -0.1) is 0 Å². The van der Waals surface area contributed by atoms with E-state index >= 15 is 0 Å². The molecule has 1 aliphatic rings. The number of fused-ring (bicyclic) bond motifs is 2. The zero-order valence-electron chi connectivity index (χ0n) is 17.7. The van der Waals surface area contributed by atoms with Crippen LogP contribution in [0.25, 0.3) is 11.0 Å². The third kappa shape index (κ3) is 4.30. The quantitative estimate of drug-likeness (QED) is 0.681. The van der Waals surface area contributed by atoms with Crippen molar-refractivity contribution in [2.24, 2.45) is 0 Å². The van der Waals surface area contributed by atoms with Crippen molar-refractivity contribution in [3.8, 4) is 5.88 Å². The number of nitrogens with one attached hydrogen (secondary N) is 1. The van der Waals surface area contributed by atoms with Crippen LogP contribution in [0.4, 0.5) is 16.2 Å². The first-order chi connectivity index (χ1) is 14.3. The molecule has 0 atom stereocenters. The van der Waals surface area contributed by atoms with Gasteiger partial charge in [-0.1, -0.05) is 6.07 Å². The summed E-state index contributed by atoms with van der Waals surface area (Å²) in [6, 6.07) is 12.0. The molecule has 1 amide bonds. The van der Waals surface area contributed by atoms with Crippen LogP contribution >= 0.6 is 0 Å². The van der Waals surface area contributed by atoms with Gasteiger partial charge >= 0.3 is 6.09 Å². The van der Waals surface area contributed by atoms with Crippen molar-refractivity contribution in [2.75, 3.05) is 19.0 Å². The molecule has 0 saturated carbocycles. The molecule has 30 heavy (non-hydrogen) atoms. The number of carbonyl (C=O) groups excluding carboxylic acids is 1. The number of amides is 1. The summed E-state index contributed by atoms with van der Waals surface area (Å²) in [5.41, 5.74) is 4.35. The van der Waals surface area contributed by atoms with Crippen molar-refractivity contribution in [3.63, 3.8) is 0 Å². The number of methoxy groups -OCH3 is 1. The average molecular weight is 406 g/mol. The zero-order chi connectivity index (χ0) is 21.3. The maximum atomic E-state index is 12.5. The van der Waals surface area contributed by atoms with E-state index in [2.05, 4.69) is 33.5 Å². The fourth-order valence-corrected chi connectivity index (χ4v) is 3.51. The van der Waals surface area contributed by atoms with E-state index in [4.69, 9.17) is 9.47 Å². The Kier molecular flexibility index (Phi) is 5.20. The van der Waals surface area contributed by atoms with Gasteiger partial charge in [-0.05, 0) is 62.6 Å². The normalized spacial score (nSPS) is 13.7. The molecule has 1 aliphatic heterocycles. The first-order valence-electron chi connectivity index (χ1n) is 9.99. The van der Waals surface area contributed by atoms with Gasteiger partial charge < -0.3 is 19.7 Å².